The van der Waals surface area contributed by atoms with Gasteiger partial charge in [0.1, 0.15) is 29.6 Å². The molecule has 4 aliphatic rings. The Bertz CT molecular complexity index is 2480. The van der Waals surface area contributed by atoms with E-state index in [4.69, 9.17) is 28.9 Å². The van der Waals surface area contributed by atoms with E-state index in [1.807, 2.05) is 35.2 Å². The summed E-state index contributed by atoms with van der Waals surface area (Å²) in [5.74, 6) is -0.208. The van der Waals surface area contributed by atoms with E-state index in [0.29, 0.717) is 61.6 Å². The SMILES string of the molecule is C=CCO[C@@]12Oc3ccc(Oc4cccc(C=O)c4)cc3[C@H]3[C@H](CCCCO)[C@@H](CCCCO)C=C(C(=NOC4CCCCO4)C[C@@H]1N(Cc1cccc4ccccc14)C(=O)CCCCCCCCCCC)[C@H]32. The number of hydrogen-bond donors (Lipinski definition) is 2. The minimum Gasteiger partial charge on any atom is -0.459 e. The summed E-state index contributed by atoms with van der Waals surface area (Å²) in [4.78, 5) is 35.9. The monoisotopic (exact) mass is 997 g/mol. The van der Waals surface area contributed by atoms with Crippen molar-refractivity contribution in [3.63, 3.8) is 0 Å². The largest absolute Gasteiger partial charge is 0.459 e. The number of nitrogens with zero attached hydrogens (tertiary/aromatic N) is 2. The molecule has 11 heteroatoms. The van der Waals surface area contributed by atoms with Crippen LogP contribution in [0.5, 0.6) is 17.2 Å². The number of aldehydes is 1. The summed E-state index contributed by atoms with van der Waals surface area (Å²) in [5, 5.41) is 27.5. The van der Waals surface area contributed by atoms with Gasteiger partial charge >= 0.3 is 0 Å². The van der Waals surface area contributed by atoms with Gasteiger partial charge in [-0.15, -0.1) is 6.58 Å². The zero-order valence-corrected chi connectivity index (χ0v) is 43.3. The molecule has 1 amide bonds. The fourth-order valence-corrected chi connectivity index (χ4v) is 12.1. The number of unbranched alkanes of at least 4 members (excludes halogenated alkanes) is 10. The van der Waals surface area contributed by atoms with Crippen LogP contribution in [0.1, 0.15) is 163 Å². The lowest BCUT2D eigenvalue weighted by Gasteiger charge is -2.60. The maximum absolute atomic E-state index is 15.6. The van der Waals surface area contributed by atoms with Crippen molar-refractivity contribution in [1.29, 1.82) is 0 Å². The number of carbonyl (C=O) groups is 2. The Morgan fingerprint density at radius 3 is 2.37 bits per heavy atom. The number of amides is 1. The highest BCUT2D eigenvalue weighted by Gasteiger charge is 2.65. The predicted molar refractivity (Wildman–Crippen MR) is 288 cm³/mol. The third kappa shape index (κ3) is 13.3. The number of ether oxygens (including phenoxy) is 4. The predicted octanol–water partition coefficient (Wildman–Crippen LogP) is 13.6. The number of aliphatic hydroxyl groups is 2. The first kappa shape index (κ1) is 53.9. The standard InChI is InChI=1S/C62H80N2O9/c1-3-5-6-7-8-9-10-11-12-31-58(68)64(43-48-27-22-26-46-24-13-14-29-51(46)48)57-42-55(63-73-59-32-17-20-38-69-59)53-40-47(25-15-18-35-65)52(30-16-19-36-66)60-54-41-50(71-49-28-21-23-45(39-49)44-67)33-34-56(54)72-62(57,61(53)60)70-37-4-2/h4,13-14,21-24,26-29,33-34,39-41,44,47,52,57,59-61,65-66H,2-3,5-12,15-20,25,30-32,35-38,42-43H2,1H3/t47-,52+,57-,59?,60+,61+,62+/m0/s1. The van der Waals surface area contributed by atoms with Crippen LogP contribution in [0.3, 0.4) is 0 Å². The highest BCUT2D eigenvalue weighted by Crippen LogP contribution is 2.62. The summed E-state index contributed by atoms with van der Waals surface area (Å²) in [6, 6.07) is 27.1. The van der Waals surface area contributed by atoms with Crippen LogP contribution >= 0.6 is 0 Å². The van der Waals surface area contributed by atoms with Gasteiger partial charge in [-0.05, 0) is 109 Å². The topological polar surface area (TPSA) is 136 Å². The molecule has 2 N–H and O–H groups in total. The molecule has 8 rings (SSSR count). The number of benzene rings is 4. The lowest BCUT2D eigenvalue weighted by atomic mass is 9.55. The Balaban J connectivity index is 1.29. The zero-order chi connectivity index (χ0) is 50.8. The van der Waals surface area contributed by atoms with Crippen LogP contribution in [-0.4, -0.2) is 77.6 Å². The molecule has 2 aliphatic heterocycles. The molecule has 1 saturated carbocycles. The minimum absolute atomic E-state index is 0.0359. The Hall–Kier alpha value is -5.33. The molecule has 0 aromatic heterocycles. The minimum atomic E-state index is -1.41. The van der Waals surface area contributed by atoms with Gasteiger partial charge in [0, 0.05) is 56.1 Å². The van der Waals surface area contributed by atoms with Crippen molar-refractivity contribution in [2.45, 2.75) is 166 Å². The molecule has 0 radical (unpaired) electrons. The van der Waals surface area contributed by atoms with Crippen LogP contribution in [0.25, 0.3) is 10.8 Å². The molecule has 11 nitrogen and oxygen atoms in total. The maximum Gasteiger partial charge on any atom is 0.239 e. The van der Waals surface area contributed by atoms with E-state index in [-0.39, 0.29) is 43.5 Å². The lowest BCUT2D eigenvalue weighted by Crippen LogP contribution is -2.70. The Labute approximate surface area is 434 Å². The van der Waals surface area contributed by atoms with Gasteiger partial charge in [0.25, 0.3) is 0 Å². The first-order valence-corrected chi connectivity index (χ1v) is 27.8. The van der Waals surface area contributed by atoms with E-state index in [1.165, 1.54) is 38.5 Å². The number of fused-ring (bicyclic) bond motifs is 3. The Kier molecular flexibility index (Phi) is 20.2. The van der Waals surface area contributed by atoms with Gasteiger partial charge in [0.05, 0.1) is 24.8 Å². The summed E-state index contributed by atoms with van der Waals surface area (Å²) < 4.78 is 27.6. The number of hydrogen-bond acceptors (Lipinski definition) is 10. The third-order valence-electron chi connectivity index (χ3n) is 15.7. The summed E-state index contributed by atoms with van der Waals surface area (Å²) in [6.45, 7) is 7.69. The third-order valence-corrected chi connectivity index (χ3v) is 15.7. The van der Waals surface area contributed by atoms with E-state index in [2.05, 4.69) is 62.0 Å². The Morgan fingerprint density at radius 1 is 0.849 bits per heavy atom. The number of aliphatic hydroxyl groups excluding tert-OH is 2. The van der Waals surface area contributed by atoms with Crippen molar-refractivity contribution in [1.82, 2.24) is 4.90 Å². The van der Waals surface area contributed by atoms with E-state index < -0.39 is 24.0 Å². The number of allylic oxidation sites excluding steroid dienone is 1. The van der Waals surface area contributed by atoms with E-state index in [1.54, 1.807) is 18.2 Å². The average Bonchev–Trinajstić information content (AvgIpc) is 3.42. The molecule has 4 aromatic carbocycles. The normalized spacial score (nSPS) is 23.7. The average molecular weight is 997 g/mol. The lowest BCUT2D eigenvalue weighted by molar-refractivity contribution is -0.258. The van der Waals surface area contributed by atoms with Crippen LogP contribution in [-0.2, 0) is 25.7 Å². The molecule has 1 saturated heterocycles. The van der Waals surface area contributed by atoms with E-state index in [0.717, 1.165) is 104 Å². The van der Waals surface area contributed by atoms with E-state index in [9.17, 15) is 15.0 Å². The summed E-state index contributed by atoms with van der Waals surface area (Å²) in [6.07, 6.45) is 22.7. The molecule has 73 heavy (non-hydrogen) atoms. The molecule has 7 atom stereocenters. The molecule has 2 fully saturated rings. The first-order chi connectivity index (χ1) is 35.9. The van der Waals surface area contributed by atoms with Gasteiger partial charge in [-0.2, -0.15) is 0 Å². The molecular formula is C62H80N2O9. The van der Waals surface area contributed by atoms with Crippen LogP contribution in [0.4, 0.5) is 0 Å². The van der Waals surface area contributed by atoms with Gasteiger partial charge in [0.15, 0.2) is 0 Å². The molecule has 2 heterocycles. The van der Waals surface area contributed by atoms with Gasteiger partial charge in [0.2, 0.25) is 18.0 Å². The van der Waals surface area contributed by atoms with Crippen LogP contribution in [0.2, 0.25) is 0 Å². The molecule has 0 spiro atoms. The highest BCUT2D eigenvalue weighted by molar-refractivity contribution is 6.03. The quantitative estimate of drug-likeness (QED) is 0.0236. The number of oxime groups is 1. The van der Waals surface area contributed by atoms with Crippen molar-refractivity contribution in [2.75, 3.05) is 26.4 Å². The van der Waals surface area contributed by atoms with Gasteiger partial charge in [-0.25, -0.2) is 0 Å². The van der Waals surface area contributed by atoms with Gasteiger partial charge < -0.3 is 38.9 Å². The van der Waals surface area contributed by atoms with E-state index >= 15 is 4.79 Å². The second-order valence-corrected chi connectivity index (χ2v) is 20.7. The van der Waals surface area contributed by atoms with Crippen molar-refractivity contribution in [3.8, 4) is 17.2 Å². The van der Waals surface area contributed by atoms with Gasteiger partial charge in [-0.3, -0.25) is 9.59 Å². The fraction of sp³-hybridized carbons (Fsp3) is 0.532. The summed E-state index contributed by atoms with van der Waals surface area (Å²) >= 11 is 0. The van der Waals surface area contributed by atoms with Crippen molar-refractivity contribution in [2.24, 2.45) is 22.9 Å². The molecular weight excluding hydrogens is 917 g/mol. The molecule has 0 bridgehead atoms. The number of carbonyl (C=O) groups excluding carboxylic acids is 2. The van der Waals surface area contributed by atoms with Crippen LogP contribution in [0.15, 0.2) is 114 Å². The maximum atomic E-state index is 15.6. The molecule has 392 valence electrons. The highest BCUT2D eigenvalue weighted by atomic mass is 16.8. The fourth-order valence-electron chi connectivity index (χ4n) is 12.1. The summed E-state index contributed by atoms with van der Waals surface area (Å²) in [7, 11) is 0. The van der Waals surface area contributed by atoms with Crippen molar-refractivity contribution < 1.29 is 43.6 Å². The smallest absolute Gasteiger partial charge is 0.239 e. The second kappa shape index (κ2) is 27.3. The van der Waals surface area contributed by atoms with Crippen molar-refractivity contribution in [3.05, 3.63) is 126 Å². The number of rotatable bonds is 29. The summed E-state index contributed by atoms with van der Waals surface area (Å²) in [5.41, 5.74) is 4.22. The van der Waals surface area contributed by atoms with Crippen LogP contribution in [0, 0.1) is 17.8 Å². The molecule has 2 aliphatic carbocycles. The van der Waals surface area contributed by atoms with Crippen LogP contribution < -0.4 is 9.47 Å². The molecule has 1 unspecified atom stereocenters. The first-order valence-electron chi connectivity index (χ1n) is 27.8. The van der Waals surface area contributed by atoms with Gasteiger partial charge in [-0.1, -0.05) is 143 Å². The van der Waals surface area contributed by atoms with Crippen molar-refractivity contribution >= 4 is 28.7 Å². The zero-order valence-electron chi connectivity index (χ0n) is 43.3. The second-order valence-electron chi connectivity index (χ2n) is 20.7. The molecule has 4 aromatic rings. The Morgan fingerprint density at radius 2 is 1.60 bits per heavy atom.